The van der Waals surface area contributed by atoms with Gasteiger partial charge >= 0.3 is 0 Å². The van der Waals surface area contributed by atoms with Crippen LogP contribution in [0, 0.1) is 5.41 Å². The number of hydrogen-bond donors (Lipinski definition) is 1. The first-order valence-corrected chi connectivity index (χ1v) is 6.82. The molecule has 0 aliphatic heterocycles. The molecule has 1 unspecified atom stereocenters. The van der Waals surface area contributed by atoms with Crippen molar-refractivity contribution in [2.45, 2.75) is 52.0 Å². The highest BCUT2D eigenvalue weighted by Crippen LogP contribution is 2.44. The first-order valence-electron chi connectivity index (χ1n) is 6.82. The Morgan fingerprint density at radius 3 is 2.78 bits per heavy atom. The minimum Gasteiger partial charge on any atom is -0.492 e. The fourth-order valence-electron chi connectivity index (χ4n) is 3.10. The van der Waals surface area contributed by atoms with E-state index in [9.17, 15) is 0 Å². The van der Waals surface area contributed by atoms with Crippen LogP contribution in [0.15, 0.2) is 18.5 Å². The van der Waals surface area contributed by atoms with Crippen molar-refractivity contribution in [2.75, 3.05) is 6.61 Å². The summed E-state index contributed by atoms with van der Waals surface area (Å²) in [4.78, 5) is 4.27. The van der Waals surface area contributed by atoms with Crippen molar-refractivity contribution >= 4 is 0 Å². The lowest BCUT2D eigenvalue weighted by atomic mass is 9.66. The molecule has 0 bridgehead atoms. The maximum Gasteiger partial charge on any atom is 0.137 e. The van der Waals surface area contributed by atoms with Crippen molar-refractivity contribution in [3.8, 4) is 5.75 Å². The van der Waals surface area contributed by atoms with E-state index in [1.807, 2.05) is 13.1 Å². The zero-order valence-electron chi connectivity index (χ0n) is 11.7. The van der Waals surface area contributed by atoms with Crippen molar-refractivity contribution in [1.29, 1.82) is 0 Å². The fourth-order valence-corrected chi connectivity index (χ4v) is 3.10. The maximum atomic E-state index is 6.63. The molecule has 100 valence electrons. The van der Waals surface area contributed by atoms with E-state index in [0.717, 1.165) is 24.2 Å². The average molecular weight is 248 g/mol. The predicted octanol–water partition coefficient (Wildman–Crippen LogP) is 3.23. The van der Waals surface area contributed by atoms with E-state index in [1.165, 1.54) is 12.8 Å². The first kappa shape index (κ1) is 13.3. The minimum atomic E-state index is -0.248. The number of aromatic nitrogens is 1. The van der Waals surface area contributed by atoms with Gasteiger partial charge in [0.15, 0.2) is 0 Å². The smallest absolute Gasteiger partial charge is 0.137 e. The van der Waals surface area contributed by atoms with Crippen molar-refractivity contribution in [3.63, 3.8) is 0 Å². The number of ether oxygens (including phenoxy) is 1. The maximum absolute atomic E-state index is 6.63. The third kappa shape index (κ3) is 2.83. The Morgan fingerprint density at radius 1 is 1.33 bits per heavy atom. The van der Waals surface area contributed by atoms with Crippen LogP contribution in [-0.2, 0) is 5.54 Å². The molecule has 1 saturated carbocycles. The Kier molecular flexibility index (Phi) is 3.62. The standard InChI is InChI=1S/C15H24N2O/c1-4-18-13-8-12(9-17-10-13)15(16)7-5-6-14(2,3)11-15/h8-10H,4-7,11,16H2,1-3H3. The van der Waals surface area contributed by atoms with Crippen LogP contribution in [-0.4, -0.2) is 11.6 Å². The van der Waals surface area contributed by atoms with Crippen LogP contribution in [0.1, 0.15) is 52.0 Å². The molecule has 1 fully saturated rings. The molecule has 2 rings (SSSR count). The molecule has 1 aliphatic rings. The van der Waals surface area contributed by atoms with Gasteiger partial charge in [0.05, 0.1) is 12.8 Å². The topological polar surface area (TPSA) is 48.1 Å². The van der Waals surface area contributed by atoms with Crippen molar-refractivity contribution in [3.05, 3.63) is 24.0 Å². The Balaban J connectivity index is 2.26. The molecular weight excluding hydrogens is 224 g/mol. The molecular formula is C15H24N2O. The summed E-state index contributed by atoms with van der Waals surface area (Å²) < 4.78 is 5.52. The molecule has 0 saturated heterocycles. The second-order valence-corrected chi connectivity index (χ2v) is 6.19. The van der Waals surface area contributed by atoms with Gasteiger partial charge in [-0.25, -0.2) is 0 Å². The molecule has 0 radical (unpaired) electrons. The Morgan fingerprint density at radius 2 is 2.11 bits per heavy atom. The van der Waals surface area contributed by atoms with E-state index in [1.54, 1.807) is 6.20 Å². The van der Waals surface area contributed by atoms with Crippen LogP contribution in [0.3, 0.4) is 0 Å². The zero-order valence-corrected chi connectivity index (χ0v) is 11.7. The lowest BCUT2D eigenvalue weighted by molar-refractivity contribution is 0.150. The number of nitrogens with two attached hydrogens (primary N) is 1. The van der Waals surface area contributed by atoms with Crippen LogP contribution in [0.4, 0.5) is 0 Å². The van der Waals surface area contributed by atoms with Crippen LogP contribution in [0.25, 0.3) is 0 Å². The molecule has 0 amide bonds. The van der Waals surface area contributed by atoms with Gasteiger partial charge in [-0.2, -0.15) is 0 Å². The summed E-state index contributed by atoms with van der Waals surface area (Å²) in [6, 6.07) is 2.05. The normalized spacial score (nSPS) is 26.9. The SMILES string of the molecule is CCOc1cncc(C2(N)CCCC(C)(C)C2)c1. The van der Waals surface area contributed by atoms with Crippen LogP contribution < -0.4 is 10.5 Å². The molecule has 1 aromatic rings. The summed E-state index contributed by atoms with van der Waals surface area (Å²) in [5, 5.41) is 0. The van der Waals surface area contributed by atoms with E-state index >= 15 is 0 Å². The second-order valence-electron chi connectivity index (χ2n) is 6.19. The summed E-state index contributed by atoms with van der Waals surface area (Å²) >= 11 is 0. The van der Waals surface area contributed by atoms with Crippen molar-refractivity contribution in [1.82, 2.24) is 4.98 Å². The predicted molar refractivity (Wildman–Crippen MR) is 73.5 cm³/mol. The molecule has 2 N–H and O–H groups in total. The molecule has 1 atom stereocenters. The van der Waals surface area contributed by atoms with Gasteiger partial charge in [-0.1, -0.05) is 20.3 Å². The van der Waals surface area contributed by atoms with Gasteiger partial charge in [-0.05, 0) is 43.2 Å². The largest absolute Gasteiger partial charge is 0.492 e. The number of nitrogens with zero attached hydrogens (tertiary/aromatic N) is 1. The molecule has 3 heteroatoms. The molecule has 18 heavy (non-hydrogen) atoms. The Hall–Kier alpha value is -1.09. The summed E-state index contributed by atoms with van der Waals surface area (Å²) in [5.74, 6) is 0.822. The first-order chi connectivity index (χ1) is 8.45. The highest BCUT2D eigenvalue weighted by molar-refractivity contribution is 5.30. The molecule has 0 aromatic carbocycles. The monoisotopic (exact) mass is 248 g/mol. The molecule has 1 heterocycles. The van der Waals surface area contributed by atoms with E-state index in [2.05, 4.69) is 24.9 Å². The second kappa shape index (κ2) is 4.88. The third-order valence-corrected chi connectivity index (χ3v) is 3.87. The Labute approximate surface area is 110 Å². The third-order valence-electron chi connectivity index (χ3n) is 3.87. The summed E-state index contributed by atoms with van der Waals surface area (Å²) in [6.07, 6.45) is 8.13. The minimum absolute atomic E-state index is 0.248. The molecule has 1 aliphatic carbocycles. The summed E-state index contributed by atoms with van der Waals surface area (Å²) in [6.45, 7) is 7.24. The molecule has 3 nitrogen and oxygen atoms in total. The van der Waals surface area contributed by atoms with Crippen LogP contribution >= 0.6 is 0 Å². The van der Waals surface area contributed by atoms with Gasteiger partial charge < -0.3 is 10.5 Å². The van der Waals surface area contributed by atoms with Crippen molar-refractivity contribution in [2.24, 2.45) is 11.1 Å². The van der Waals surface area contributed by atoms with E-state index in [4.69, 9.17) is 10.5 Å². The summed E-state index contributed by atoms with van der Waals surface area (Å²) in [7, 11) is 0. The van der Waals surface area contributed by atoms with Crippen LogP contribution in [0.5, 0.6) is 5.75 Å². The highest BCUT2D eigenvalue weighted by atomic mass is 16.5. The lowest BCUT2D eigenvalue weighted by Crippen LogP contribution is -2.44. The quantitative estimate of drug-likeness (QED) is 0.893. The number of hydrogen-bond acceptors (Lipinski definition) is 3. The lowest BCUT2D eigenvalue weighted by Gasteiger charge is -2.42. The van der Waals surface area contributed by atoms with Gasteiger partial charge in [0.1, 0.15) is 5.75 Å². The Bertz CT molecular complexity index is 417. The number of pyridine rings is 1. The average Bonchev–Trinajstić information content (AvgIpc) is 2.28. The summed E-state index contributed by atoms with van der Waals surface area (Å²) in [5.41, 5.74) is 7.80. The van der Waals surface area contributed by atoms with Gasteiger partial charge in [0.25, 0.3) is 0 Å². The van der Waals surface area contributed by atoms with E-state index in [0.29, 0.717) is 12.0 Å². The highest BCUT2D eigenvalue weighted by Gasteiger charge is 2.38. The zero-order chi connectivity index (χ0) is 13.2. The van der Waals surface area contributed by atoms with Gasteiger partial charge in [-0.3, -0.25) is 4.98 Å². The fraction of sp³-hybridized carbons (Fsp3) is 0.667. The van der Waals surface area contributed by atoms with Crippen LogP contribution in [0.2, 0.25) is 0 Å². The van der Waals surface area contributed by atoms with Gasteiger partial charge in [0, 0.05) is 11.7 Å². The van der Waals surface area contributed by atoms with Crippen molar-refractivity contribution < 1.29 is 4.74 Å². The van der Waals surface area contributed by atoms with E-state index < -0.39 is 0 Å². The van der Waals surface area contributed by atoms with Gasteiger partial charge in [-0.15, -0.1) is 0 Å². The van der Waals surface area contributed by atoms with Gasteiger partial charge in [0.2, 0.25) is 0 Å². The van der Waals surface area contributed by atoms with E-state index in [-0.39, 0.29) is 5.54 Å². The number of rotatable bonds is 3. The molecule has 0 spiro atoms. The molecule has 1 aromatic heterocycles.